The molecule has 1 aliphatic heterocycles. The molecular formula is C24H20F6N4O4. The molecular weight excluding hydrogens is 522 g/mol. The molecule has 38 heavy (non-hydrogen) atoms. The standard InChI is InChI=1S/C24H20F6N4O4/c25-11-5-14(26)19(15(27)6-11)34-7-13(23(38)32-21(10-1-2-10)24(28,29)30)20(37)12-3-4-18(31-22(12)34)33-8-16(35)17(36)9-33/h3-7,10,16-17,21,35-36H,1-2,8-9H2,(H,32,38)/t16-,17-,21+/m1/s1. The van der Waals surface area contributed by atoms with Gasteiger partial charge in [-0.1, -0.05) is 0 Å². The maximum Gasteiger partial charge on any atom is 0.408 e. The van der Waals surface area contributed by atoms with Crippen molar-refractivity contribution in [3.63, 3.8) is 0 Å². The molecule has 3 heterocycles. The SMILES string of the molecule is O=C(N[C@@H](C1CC1)C(F)(F)F)c1cn(-c2c(F)cc(F)cc2F)c2nc(N3C[C@@H](O)[C@H](O)C3)ccc2c1=O. The first-order valence-electron chi connectivity index (χ1n) is 11.5. The predicted octanol–water partition coefficient (Wildman–Crippen LogP) is 2.42. The van der Waals surface area contributed by atoms with Crippen LogP contribution in [0, 0.1) is 23.4 Å². The summed E-state index contributed by atoms with van der Waals surface area (Å²) < 4.78 is 84.4. The zero-order chi connectivity index (χ0) is 27.5. The first kappa shape index (κ1) is 26.0. The van der Waals surface area contributed by atoms with Crippen LogP contribution in [0.4, 0.5) is 32.2 Å². The third kappa shape index (κ3) is 4.69. The maximum absolute atomic E-state index is 14.8. The highest BCUT2D eigenvalue weighted by Gasteiger charge is 2.50. The zero-order valence-electron chi connectivity index (χ0n) is 19.3. The molecule has 2 aliphatic rings. The highest BCUT2D eigenvalue weighted by molar-refractivity contribution is 5.97. The third-order valence-corrected chi connectivity index (χ3v) is 6.62. The maximum atomic E-state index is 14.8. The molecule has 0 unspecified atom stereocenters. The van der Waals surface area contributed by atoms with Crippen LogP contribution in [0.3, 0.4) is 0 Å². The van der Waals surface area contributed by atoms with Crippen molar-refractivity contribution in [2.45, 2.75) is 37.3 Å². The summed E-state index contributed by atoms with van der Waals surface area (Å²) in [6, 6.07) is 0.941. The molecule has 3 atom stereocenters. The van der Waals surface area contributed by atoms with Crippen LogP contribution in [-0.4, -0.2) is 63.2 Å². The number of anilines is 1. The van der Waals surface area contributed by atoms with Crippen molar-refractivity contribution >= 4 is 22.8 Å². The van der Waals surface area contributed by atoms with Crippen LogP contribution in [0.5, 0.6) is 0 Å². The fourth-order valence-corrected chi connectivity index (χ4v) is 4.54. The van der Waals surface area contributed by atoms with E-state index in [1.165, 1.54) is 11.0 Å². The van der Waals surface area contributed by atoms with Crippen LogP contribution >= 0.6 is 0 Å². The van der Waals surface area contributed by atoms with Gasteiger partial charge in [-0.2, -0.15) is 13.2 Å². The molecule has 202 valence electrons. The Labute approximate surface area is 210 Å². The number of carbonyl (C=O) groups excluding carboxylic acids is 1. The third-order valence-electron chi connectivity index (χ3n) is 6.62. The second-order valence-electron chi connectivity index (χ2n) is 9.37. The average Bonchev–Trinajstić information content (AvgIpc) is 3.61. The van der Waals surface area contributed by atoms with Gasteiger partial charge in [-0.05, 0) is 30.9 Å². The Morgan fingerprint density at radius 2 is 1.66 bits per heavy atom. The minimum absolute atomic E-state index is 0.0519. The molecule has 1 aromatic carbocycles. The molecule has 8 nitrogen and oxygen atoms in total. The first-order chi connectivity index (χ1) is 17.8. The van der Waals surface area contributed by atoms with Crippen molar-refractivity contribution in [1.29, 1.82) is 0 Å². The average molecular weight is 542 g/mol. The van der Waals surface area contributed by atoms with Crippen LogP contribution in [0.25, 0.3) is 16.7 Å². The van der Waals surface area contributed by atoms with Gasteiger partial charge in [0.05, 0.1) is 17.6 Å². The number of halogens is 6. The van der Waals surface area contributed by atoms with E-state index in [1.807, 2.05) is 5.32 Å². The summed E-state index contributed by atoms with van der Waals surface area (Å²) in [5.41, 5.74) is -3.20. The van der Waals surface area contributed by atoms with Crippen LogP contribution in [0.2, 0.25) is 0 Å². The number of β-amino-alcohol motifs (C(OH)–C–C–N with tert-alkyl or cyclic N) is 2. The lowest BCUT2D eigenvalue weighted by atomic mass is 10.1. The number of aliphatic hydroxyl groups is 2. The predicted molar refractivity (Wildman–Crippen MR) is 121 cm³/mol. The van der Waals surface area contributed by atoms with Crippen LogP contribution in [0.15, 0.2) is 35.3 Å². The molecule has 1 aliphatic carbocycles. The summed E-state index contributed by atoms with van der Waals surface area (Å²) in [6.07, 6.45) is -5.90. The normalized spacial score (nSPS) is 20.7. The van der Waals surface area contributed by atoms with Gasteiger partial charge in [0, 0.05) is 31.4 Å². The van der Waals surface area contributed by atoms with Crippen LogP contribution in [-0.2, 0) is 0 Å². The quantitative estimate of drug-likeness (QED) is 0.428. The molecule has 0 spiro atoms. The van der Waals surface area contributed by atoms with Crippen LogP contribution < -0.4 is 15.6 Å². The number of benzene rings is 1. The topological polar surface area (TPSA) is 108 Å². The Balaban J connectivity index is 1.68. The molecule has 1 amide bonds. The van der Waals surface area contributed by atoms with Crippen molar-refractivity contribution in [1.82, 2.24) is 14.9 Å². The number of carbonyl (C=O) groups is 1. The zero-order valence-corrected chi connectivity index (χ0v) is 19.3. The first-order valence-corrected chi connectivity index (χ1v) is 11.5. The highest BCUT2D eigenvalue weighted by Crippen LogP contribution is 2.40. The van der Waals surface area contributed by atoms with E-state index < -0.39 is 70.4 Å². The van der Waals surface area contributed by atoms with Gasteiger partial charge in [0.15, 0.2) is 17.3 Å². The van der Waals surface area contributed by atoms with Gasteiger partial charge in [0.2, 0.25) is 5.43 Å². The molecule has 0 bridgehead atoms. The second-order valence-corrected chi connectivity index (χ2v) is 9.37. The minimum atomic E-state index is -4.79. The molecule has 1 saturated heterocycles. The van der Waals surface area contributed by atoms with Gasteiger partial charge < -0.3 is 20.4 Å². The number of aromatic nitrogens is 2. The van der Waals surface area contributed by atoms with Crippen molar-refractivity contribution < 1.29 is 41.4 Å². The number of amides is 1. The molecule has 1 saturated carbocycles. The number of aliphatic hydroxyl groups excluding tert-OH is 2. The minimum Gasteiger partial charge on any atom is -0.389 e. The Hall–Kier alpha value is -3.65. The number of pyridine rings is 2. The second kappa shape index (κ2) is 9.27. The summed E-state index contributed by atoms with van der Waals surface area (Å²) in [4.78, 5) is 31.8. The lowest BCUT2D eigenvalue weighted by Crippen LogP contribution is -2.48. The number of nitrogens with zero attached hydrogens (tertiary/aromatic N) is 3. The fourth-order valence-electron chi connectivity index (χ4n) is 4.54. The van der Waals surface area contributed by atoms with E-state index in [0.717, 1.165) is 6.07 Å². The van der Waals surface area contributed by atoms with Crippen molar-refractivity contribution in [3.8, 4) is 5.69 Å². The Bertz CT molecular complexity index is 1460. The van der Waals surface area contributed by atoms with E-state index in [0.29, 0.717) is 22.9 Å². The Morgan fingerprint density at radius 3 is 2.21 bits per heavy atom. The smallest absolute Gasteiger partial charge is 0.389 e. The molecule has 14 heteroatoms. The molecule has 3 N–H and O–H groups in total. The van der Waals surface area contributed by atoms with E-state index in [-0.39, 0.29) is 42.8 Å². The number of fused-ring (bicyclic) bond motifs is 1. The lowest BCUT2D eigenvalue weighted by Gasteiger charge is -2.22. The number of hydrogen-bond donors (Lipinski definition) is 3. The lowest BCUT2D eigenvalue weighted by molar-refractivity contribution is -0.158. The van der Waals surface area contributed by atoms with Gasteiger partial charge in [0.1, 0.15) is 28.9 Å². The van der Waals surface area contributed by atoms with Gasteiger partial charge in [-0.3, -0.25) is 14.2 Å². The summed E-state index contributed by atoms with van der Waals surface area (Å²) in [6.45, 7) is -0.104. The number of rotatable bonds is 5. The van der Waals surface area contributed by atoms with E-state index in [2.05, 4.69) is 4.98 Å². The number of nitrogens with one attached hydrogen (secondary N) is 1. The van der Waals surface area contributed by atoms with Gasteiger partial charge in [-0.25, -0.2) is 18.2 Å². The fraction of sp³-hybridized carbons (Fsp3) is 0.375. The molecule has 5 rings (SSSR count). The van der Waals surface area contributed by atoms with Gasteiger partial charge in [0.25, 0.3) is 5.91 Å². The van der Waals surface area contributed by atoms with E-state index in [9.17, 15) is 46.1 Å². The van der Waals surface area contributed by atoms with Crippen LogP contribution in [0.1, 0.15) is 23.2 Å². The monoisotopic (exact) mass is 542 g/mol. The highest BCUT2D eigenvalue weighted by atomic mass is 19.4. The van der Waals surface area contributed by atoms with Crippen molar-refractivity contribution in [2.24, 2.45) is 5.92 Å². The van der Waals surface area contributed by atoms with Crippen molar-refractivity contribution in [3.05, 3.63) is 63.7 Å². The summed E-state index contributed by atoms with van der Waals surface area (Å²) in [7, 11) is 0. The summed E-state index contributed by atoms with van der Waals surface area (Å²) in [5.74, 6) is -6.28. The Kier molecular flexibility index (Phi) is 6.34. The van der Waals surface area contributed by atoms with E-state index in [1.54, 1.807) is 0 Å². The Morgan fingerprint density at radius 1 is 1.05 bits per heavy atom. The van der Waals surface area contributed by atoms with E-state index in [4.69, 9.17) is 0 Å². The van der Waals surface area contributed by atoms with Gasteiger partial charge >= 0.3 is 6.18 Å². The van der Waals surface area contributed by atoms with E-state index >= 15 is 0 Å². The van der Waals surface area contributed by atoms with Crippen molar-refractivity contribution in [2.75, 3.05) is 18.0 Å². The molecule has 2 aromatic heterocycles. The largest absolute Gasteiger partial charge is 0.408 e. The molecule has 3 aromatic rings. The summed E-state index contributed by atoms with van der Waals surface area (Å²) >= 11 is 0. The molecule has 0 radical (unpaired) electrons. The summed E-state index contributed by atoms with van der Waals surface area (Å²) in [5, 5.41) is 21.2. The van der Waals surface area contributed by atoms with Gasteiger partial charge in [-0.15, -0.1) is 0 Å². The molecule has 2 fully saturated rings. The number of alkyl halides is 3. The number of hydrogen-bond acceptors (Lipinski definition) is 6.